The van der Waals surface area contributed by atoms with E-state index in [2.05, 4.69) is 39.9 Å². The van der Waals surface area contributed by atoms with Crippen LogP contribution in [0.1, 0.15) is 11.3 Å². The van der Waals surface area contributed by atoms with Crippen molar-refractivity contribution in [3.63, 3.8) is 0 Å². The highest BCUT2D eigenvalue weighted by Gasteiger charge is 2.29. The number of amides is 1. The Hall–Kier alpha value is -3.85. The fourth-order valence-electron chi connectivity index (χ4n) is 4.05. The molecular weight excluding hydrogens is 452 g/mol. The Balaban J connectivity index is 1.23. The van der Waals surface area contributed by atoms with Gasteiger partial charge in [-0.15, -0.1) is 0 Å². The number of rotatable bonds is 4. The monoisotopic (exact) mass is 474 g/mol. The number of furan rings is 1. The quantitative estimate of drug-likeness (QED) is 0.300. The molecule has 8 nitrogen and oxygen atoms in total. The predicted octanol–water partition coefficient (Wildman–Crippen LogP) is 4.96. The molecular formula is C25H22N4O4S. The van der Waals surface area contributed by atoms with E-state index in [-0.39, 0.29) is 11.6 Å². The molecule has 1 saturated heterocycles. The van der Waals surface area contributed by atoms with Crippen LogP contribution in [0, 0.1) is 17.0 Å². The van der Waals surface area contributed by atoms with Crippen LogP contribution in [0.2, 0.25) is 0 Å². The fraction of sp³-hybridized carbons (Fsp3) is 0.200. The lowest BCUT2D eigenvalue weighted by atomic mass is 10.1. The van der Waals surface area contributed by atoms with Crippen molar-refractivity contribution in [2.24, 2.45) is 4.99 Å². The van der Waals surface area contributed by atoms with Crippen LogP contribution in [-0.2, 0) is 4.79 Å². The molecule has 2 aromatic carbocycles. The number of amidine groups is 1. The molecule has 3 heterocycles. The van der Waals surface area contributed by atoms with Crippen LogP contribution in [0.3, 0.4) is 0 Å². The molecule has 2 aliphatic rings. The highest BCUT2D eigenvalue weighted by Crippen LogP contribution is 2.33. The van der Waals surface area contributed by atoms with Crippen molar-refractivity contribution < 1.29 is 14.1 Å². The van der Waals surface area contributed by atoms with Gasteiger partial charge in [0.25, 0.3) is 11.6 Å². The van der Waals surface area contributed by atoms with Crippen LogP contribution in [-0.4, -0.2) is 47.1 Å². The first-order valence-electron chi connectivity index (χ1n) is 10.9. The van der Waals surface area contributed by atoms with E-state index in [1.807, 2.05) is 6.07 Å². The number of carbonyl (C=O) groups is 1. The zero-order chi connectivity index (χ0) is 23.7. The third kappa shape index (κ3) is 4.47. The lowest BCUT2D eigenvalue weighted by molar-refractivity contribution is -0.384. The van der Waals surface area contributed by atoms with Gasteiger partial charge in [0, 0.05) is 55.6 Å². The maximum atomic E-state index is 12.5. The van der Waals surface area contributed by atoms with Crippen molar-refractivity contribution in [3.8, 4) is 11.3 Å². The first-order valence-corrected chi connectivity index (χ1v) is 11.7. The Morgan fingerprint density at radius 3 is 2.41 bits per heavy atom. The lowest BCUT2D eigenvalue weighted by Crippen LogP contribution is -2.48. The number of anilines is 1. The van der Waals surface area contributed by atoms with Gasteiger partial charge in [0.1, 0.15) is 11.5 Å². The van der Waals surface area contributed by atoms with E-state index in [0.29, 0.717) is 16.4 Å². The standard InChI is InChI=1S/C25H22N4O4S/c1-17-4-2-3-5-21(17)27-12-14-28(15-13-27)25-26-24(30)23(34-25)16-20-10-11-22(33-20)18-6-8-19(9-7-18)29(31)32/h2-11,16H,12-15H2,1H3. The molecule has 0 saturated carbocycles. The Labute approximate surface area is 200 Å². The number of nitro benzene ring substituents is 1. The van der Waals surface area contributed by atoms with E-state index in [1.165, 1.54) is 35.1 Å². The molecule has 1 amide bonds. The second kappa shape index (κ2) is 9.18. The zero-order valence-electron chi connectivity index (χ0n) is 18.5. The van der Waals surface area contributed by atoms with Crippen LogP contribution < -0.4 is 4.90 Å². The number of aryl methyl sites for hydroxylation is 1. The number of piperazine rings is 1. The third-order valence-corrected chi connectivity index (χ3v) is 6.92. The van der Waals surface area contributed by atoms with Crippen molar-refractivity contribution in [1.82, 2.24) is 4.90 Å². The van der Waals surface area contributed by atoms with Gasteiger partial charge in [-0.05, 0) is 54.6 Å². The van der Waals surface area contributed by atoms with Gasteiger partial charge in [-0.1, -0.05) is 18.2 Å². The average Bonchev–Trinajstić information content (AvgIpc) is 3.47. The zero-order valence-corrected chi connectivity index (χ0v) is 19.3. The highest BCUT2D eigenvalue weighted by atomic mass is 32.2. The van der Waals surface area contributed by atoms with Crippen molar-refractivity contribution in [2.45, 2.75) is 6.92 Å². The van der Waals surface area contributed by atoms with Gasteiger partial charge in [-0.3, -0.25) is 14.9 Å². The summed E-state index contributed by atoms with van der Waals surface area (Å²) in [6.45, 7) is 5.45. The maximum Gasteiger partial charge on any atom is 0.286 e. The number of benzene rings is 2. The van der Waals surface area contributed by atoms with E-state index in [0.717, 1.165) is 36.9 Å². The highest BCUT2D eigenvalue weighted by molar-refractivity contribution is 8.18. The minimum atomic E-state index is -0.440. The first-order chi connectivity index (χ1) is 16.5. The Morgan fingerprint density at radius 1 is 1.00 bits per heavy atom. The molecule has 3 aromatic rings. The number of para-hydroxylation sites is 1. The van der Waals surface area contributed by atoms with E-state index < -0.39 is 4.92 Å². The van der Waals surface area contributed by atoms with Crippen LogP contribution in [0.4, 0.5) is 11.4 Å². The van der Waals surface area contributed by atoms with Crippen molar-refractivity contribution in [2.75, 3.05) is 31.1 Å². The van der Waals surface area contributed by atoms with Gasteiger partial charge in [0.15, 0.2) is 5.17 Å². The summed E-state index contributed by atoms with van der Waals surface area (Å²) < 4.78 is 5.85. The third-order valence-electron chi connectivity index (χ3n) is 5.88. The summed E-state index contributed by atoms with van der Waals surface area (Å²) >= 11 is 1.36. The summed E-state index contributed by atoms with van der Waals surface area (Å²) in [4.78, 5) is 32.2. The van der Waals surface area contributed by atoms with E-state index >= 15 is 0 Å². The van der Waals surface area contributed by atoms with Gasteiger partial charge < -0.3 is 14.2 Å². The Bertz CT molecular complexity index is 1300. The molecule has 0 unspecified atom stereocenters. The minimum Gasteiger partial charge on any atom is -0.457 e. The van der Waals surface area contributed by atoms with Crippen molar-refractivity contribution in [3.05, 3.63) is 87.0 Å². The number of thioether (sulfide) groups is 1. The number of aliphatic imine (C=N–C) groups is 1. The average molecular weight is 475 g/mol. The number of nitro groups is 1. The van der Waals surface area contributed by atoms with Crippen LogP contribution in [0.5, 0.6) is 0 Å². The van der Waals surface area contributed by atoms with Crippen molar-refractivity contribution in [1.29, 1.82) is 0 Å². The first kappa shape index (κ1) is 22.0. The number of nitrogens with zero attached hydrogens (tertiary/aromatic N) is 4. The number of non-ortho nitro benzene ring substituents is 1. The maximum absolute atomic E-state index is 12.5. The van der Waals surface area contributed by atoms with Gasteiger partial charge in [-0.25, -0.2) is 0 Å². The van der Waals surface area contributed by atoms with Crippen LogP contribution in [0.15, 0.2) is 75.0 Å². The van der Waals surface area contributed by atoms with Crippen LogP contribution >= 0.6 is 11.8 Å². The molecule has 0 spiro atoms. The van der Waals surface area contributed by atoms with E-state index in [4.69, 9.17) is 4.42 Å². The molecule has 0 N–H and O–H groups in total. The summed E-state index contributed by atoms with van der Waals surface area (Å²) in [6, 6.07) is 18.1. The lowest BCUT2D eigenvalue weighted by Gasteiger charge is -2.37. The van der Waals surface area contributed by atoms with E-state index in [9.17, 15) is 14.9 Å². The molecule has 1 fully saturated rings. The summed E-state index contributed by atoms with van der Waals surface area (Å²) in [6.07, 6.45) is 1.70. The molecule has 5 rings (SSSR count). The molecule has 0 radical (unpaired) electrons. The molecule has 1 aromatic heterocycles. The van der Waals surface area contributed by atoms with Gasteiger partial charge >= 0.3 is 0 Å². The topological polar surface area (TPSA) is 92.2 Å². The fourth-order valence-corrected chi connectivity index (χ4v) is 5.00. The van der Waals surface area contributed by atoms with Crippen molar-refractivity contribution >= 4 is 40.3 Å². The molecule has 2 aliphatic heterocycles. The molecule has 9 heteroatoms. The van der Waals surface area contributed by atoms with Gasteiger partial charge in [0.05, 0.1) is 9.83 Å². The smallest absolute Gasteiger partial charge is 0.286 e. The molecule has 0 aliphatic carbocycles. The van der Waals surface area contributed by atoms with Gasteiger partial charge in [-0.2, -0.15) is 4.99 Å². The number of hydrogen-bond acceptors (Lipinski definition) is 7. The summed E-state index contributed by atoms with van der Waals surface area (Å²) in [5.41, 5.74) is 3.26. The normalized spacial score (nSPS) is 17.4. The summed E-state index contributed by atoms with van der Waals surface area (Å²) in [5, 5.41) is 11.6. The number of hydrogen-bond donors (Lipinski definition) is 0. The molecule has 172 valence electrons. The SMILES string of the molecule is Cc1ccccc1N1CCN(C2=NC(=O)C(=Cc3ccc(-c4ccc([N+](=O)[O-])cc4)o3)S2)CC1. The summed E-state index contributed by atoms with van der Waals surface area (Å²) in [7, 11) is 0. The van der Waals surface area contributed by atoms with Gasteiger partial charge in [0.2, 0.25) is 0 Å². The van der Waals surface area contributed by atoms with Crippen LogP contribution in [0.25, 0.3) is 17.4 Å². The molecule has 0 atom stereocenters. The minimum absolute atomic E-state index is 0.0232. The Morgan fingerprint density at radius 2 is 1.71 bits per heavy atom. The number of carbonyl (C=O) groups excluding carboxylic acids is 1. The molecule has 0 bridgehead atoms. The predicted molar refractivity (Wildman–Crippen MR) is 134 cm³/mol. The molecule has 34 heavy (non-hydrogen) atoms. The Kier molecular flexibility index (Phi) is 5.93. The second-order valence-electron chi connectivity index (χ2n) is 8.08. The largest absolute Gasteiger partial charge is 0.457 e. The van der Waals surface area contributed by atoms with E-state index in [1.54, 1.807) is 30.3 Å². The second-order valence-corrected chi connectivity index (χ2v) is 9.09. The summed E-state index contributed by atoms with van der Waals surface area (Å²) in [5.74, 6) is 0.838.